The van der Waals surface area contributed by atoms with E-state index < -0.39 is 22.9 Å². The molecule has 0 bridgehead atoms. The molecule has 0 fully saturated rings. The number of nitrogens with zero attached hydrogens (tertiary/aromatic N) is 1. The largest absolute Gasteiger partial charge is 0.494 e. The minimum Gasteiger partial charge on any atom is -0.494 e. The van der Waals surface area contributed by atoms with Crippen molar-refractivity contribution in [1.29, 1.82) is 0 Å². The molecule has 1 heterocycles. The molecule has 8 heteroatoms. The highest BCUT2D eigenvalue weighted by Gasteiger charge is 2.19. The monoisotopic (exact) mass is 318 g/mol. The first-order chi connectivity index (χ1) is 9.36. The first kappa shape index (κ1) is 14.6. The zero-order valence-corrected chi connectivity index (χ0v) is 11.7. The molecule has 2 aromatic rings. The van der Waals surface area contributed by atoms with Gasteiger partial charge in [-0.05, 0) is 18.6 Å². The second kappa shape index (κ2) is 5.30. The fourth-order valence-corrected chi connectivity index (χ4v) is 2.46. The maximum Gasteiger partial charge on any atom is 0.335 e. The highest BCUT2D eigenvalue weighted by molar-refractivity contribution is 6.37. The molecule has 0 aliphatic carbocycles. The van der Waals surface area contributed by atoms with E-state index in [1.165, 1.54) is 0 Å². The van der Waals surface area contributed by atoms with Crippen LogP contribution in [-0.2, 0) is 6.42 Å². The second-order valence-electron chi connectivity index (χ2n) is 3.97. The van der Waals surface area contributed by atoms with Gasteiger partial charge >= 0.3 is 5.69 Å². The van der Waals surface area contributed by atoms with Crippen LogP contribution < -0.4 is 11.2 Å². The van der Waals surface area contributed by atoms with Crippen molar-refractivity contribution in [2.75, 3.05) is 0 Å². The molecule has 0 saturated carbocycles. The molecule has 0 spiro atoms. The Morgan fingerprint density at radius 3 is 2.35 bits per heavy atom. The molecular weight excluding hydrogens is 310 g/mol. The molecule has 0 amide bonds. The highest BCUT2D eigenvalue weighted by Crippen LogP contribution is 2.31. The van der Waals surface area contributed by atoms with E-state index in [2.05, 4.69) is 0 Å². The Labute approximate surface area is 122 Å². The van der Waals surface area contributed by atoms with Gasteiger partial charge in [0.1, 0.15) is 5.82 Å². The number of H-pyrrole nitrogens is 1. The van der Waals surface area contributed by atoms with E-state index in [1.807, 2.05) is 4.98 Å². The van der Waals surface area contributed by atoms with Gasteiger partial charge in [0.2, 0.25) is 5.88 Å². The molecule has 106 valence electrons. The van der Waals surface area contributed by atoms with Crippen molar-refractivity contribution in [3.05, 3.63) is 54.4 Å². The summed E-state index contributed by atoms with van der Waals surface area (Å²) >= 11 is 11.7. The third-order valence-electron chi connectivity index (χ3n) is 2.74. The fraction of sp³-hybridized carbons (Fsp3) is 0.167. The Morgan fingerprint density at radius 2 is 1.85 bits per heavy atom. The second-order valence-corrected chi connectivity index (χ2v) is 4.78. The number of halogens is 3. The first-order valence-corrected chi connectivity index (χ1v) is 6.34. The van der Waals surface area contributed by atoms with E-state index in [0.29, 0.717) is 0 Å². The molecule has 1 aromatic carbocycles. The number of aromatic amines is 1. The van der Waals surface area contributed by atoms with Crippen molar-refractivity contribution < 1.29 is 9.50 Å². The minimum absolute atomic E-state index is 0.000980. The highest BCUT2D eigenvalue weighted by atomic mass is 35.5. The molecule has 0 unspecified atom stereocenters. The number of rotatable bonds is 2. The average molecular weight is 319 g/mol. The maximum atomic E-state index is 13.2. The molecular formula is C12H9Cl2FN2O3. The predicted molar refractivity (Wildman–Crippen MR) is 73.7 cm³/mol. The minimum atomic E-state index is -0.917. The Balaban J connectivity index is 2.91. The molecule has 0 aliphatic heterocycles. The van der Waals surface area contributed by atoms with Gasteiger partial charge in [-0.3, -0.25) is 9.78 Å². The standard InChI is InChI=1S/C12H9Cl2FN2O3/c1-2-6-10(18)16-12(20)17(11(6)19)9-7(13)3-5(15)4-8(9)14/h3-4,19H,2H2,1H3,(H,16,18,20). The van der Waals surface area contributed by atoms with Crippen LogP contribution in [0.4, 0.5) is 4.39 Å². The van der Waals surface area contributed by atoms with Crippen molar-refractivity contribution >= 4 is 23.2 Å². The Kier molecular flexibility index (Phi) is 3.87. The van der Waals surface area contributed by atoms with Crippen molar-refractivity contribution in [2.45, 2.75) is 13.3 Å². The summed E-state index contributed by atoms with van der Waals surface area (Å²) in [6.45, 7) is 1.63. The lowest BCUT2D eigenvalue weighted by Crippen LogP contribution is -2.31. The Hall–Kier alpha value is -1.79. The Morgan fingerprint density at radius 1 is 1.30 bits per heavy atom. The van der Waals surface area contributed by atoms with Crippen LogP contribution in [0, 0.1) is 5.82 Å². The predicted octanol–water partition coefficient (Wildman–Crippen LogP) is 2.24. The van der Waals surface area contributed by atoms with E-state index in [9.17, 15) is 19.1 Å². The number of benzene rings is 1. The smallest absolute Gasteiger partial charge is 0.335 e. The summed E-state index contributed by atoms with van der Waals surface area (Å²) < 4.78 is 13.9. The van der Waals surface area contributed by atoms with Crippen molar-refractivity contribution in [3.63, 3.8) is 0 Å². The summed E-state index contributed by atoms with van der Waals surface area (Å²) in [5, 5.41) is 9.72. The van der Waals surface area contributed by atoms with Crippen molar-refractivity contribution in [2.24, 2.45) is 0 Å². The number of aromatic hydroxyl groups is 1. The third kappa shape index (κ3) is 2.32. The molecule has 2 N–H and O–H groups in total. The van der Waals surface area contributed by atoms with Gasteiger partial charge < -0.3 is 5.11 Å². The van der Waals surface area contributed by atoms with Crippen molar-refractivity contribution in [3.8, 4) is 11.6 Å². The lowest BCUT2D eigenvalue weighted by atomic mass is 10.2. The summed E-state index contributed by atoms with van der Waals surface area (Å²) in [6.07, 6.45) is 0.192. The van der Waals surface area contributed by atoms with E-state index in [0.717, 1.165) is 16.7 Å². The molecule has 1 aromatic heterocycles. The quantitative estimate of drug-likeness (QED) is 0.891. The summed E-state index contributed by atoms with van der Waals surface area (Å²) in [6, 6.07) is 1.90. The molecule has 0 atom stereocenters. The summed E-state index contributed by atoms with van der Waals surface area (Å²) in [5.41, 5.74) is -1.70. The van der Waals surface area contributed by atoms with Gasteiger partial charge in [0.05, 0.1) is 21.3 Å². The van der Waals surface area contributed by atoms with Crippen LogP contribution in [0.5, 0.6) is 5.88 Å². The third-order valence-corrected chi connectivity index (χ3v) is 3.31. The van der Waals surface area contributed by atoms with E-state index in [4.69, 9.17) is 23.2 Å². The van der Waals surface area contributed by atoms with E-state index >= 15 is 0 Å². The summed E-state index contributed by atoms with van der Waals surface area (Å²) in [7, 11) is 0. The topological polar surface area (TPSA) is 75.1 Å². The van der Waals surface area contributed by atoms with Crippen LogP contribution in [0.25, 0.3) is 5.69 Å². The van der Waals surface area contributed by atoms with Gasteiger partial charge in [-0.15, -0.1) is 0 Å². The van der Waals surface area contributed by atoms with Gasteiger partial charge in [-0.1, -0.05) is 30.1 Å². The zero-order chi connectivity index (χ0) is 15.0. The van der Waals surface area contributed by atoms with Gasteiger partial charge in [0.25, 0.3) is 5.56 Å². The lowest BCUT2D eigenvalue weighted by molar-refractivity contribution is 0.423. The van der Waals surface area contributed by atoms with Crippen LogP contribution >= 0.6 is 23.2 Å². The van der Waals surface area contributed by atoms with Gasteiger partial charge in [-0.25, -0.2) is 13.8 Å². The molecule has 0 radical (unpaired) electrons. The number of aromatic nitrogens is 2. The molecule has 5 nitrogen and oxygen atoms in total. The van der Waals surface area contributed by atoms with Crippen LogP contribution in [0.3, 0.4) is 0 Å². The zero-order valence-electron chi connectivity index (χ0n) is 10.2. The average Bonchev–Trinajstić information content (AvgIpc) is 2.32. The van der Waals surface area contributed by atoms with Crippen LogP contribution in [0.2, 0.25) is 10.0 Å². The van der Waals surface area contributed by atoms with E-state index in [1.54, 1.807) is 6.92 Å². The van der Waals surface area contributed by atoms with Crippen molar-refractivity contribution in [1.82, 2.24) is 9.55 Å². The normalized spacial score (nSPS) is 10.8. The SMILES string of the molecule is CCc1c(O)n(-c2c(Cl)cc(F)cc2Cl)c(=O)[nH]c1=O. The molecule has 20 heavy (non-hydrogen) atoms. The van der Waals surface area contributed by atoms with Gasteiger partial charge in [0.15, 0.2) is 0 Å². The number of nitrogens with one attached hydrogen (secondary N) is 1. The van der Waals surface area contributed by atoms with Crippen LogP contribution in [0.1, 0.15) is 12.5 Å². The number of hydrogen-bond donors (Lipinski definition) is 2. The Bertz CT molecular complexity index is 775. The van der Waals surface area contributed by atoms with Crippen LogP contribution in [-0.4, -0.2) is 14.7 Å². The molecule has 0 saturated heterocycles. The lowest BCUT2D eigenvalue weighted by Gasteiger charge is -2.13. The maximum absolute atomic E-state index is 13.2. The fourth-order valence-electron chi connectivity index (χ4n) is 1.84. The molecule has 2 rings (SSSR count). The van der Waals surface area contributed by atoms with Gasteiger partial charge in [0, 0.05) is 0 Å². The van der Waals surface area contributed by atoms with Crippen LogP contribution in [0.15, 0.2) is 21.7 Å². The first-order valence-electron chi connectivity index (χ1n) is 5.58. The molecule has 0 aliphatic rings. The summed E-state index contributed by atoms with van der Waals surface area (Å²) in [4.78, 5) is 25.4. The number of hydrogen-bond acceptors (Lipinski definition) is 3. The van der Waals surface area contributed by atoms with Gasteiger partial charge in [-0.2, -0.15) is 0 Å². The van der Waals surface area contributed by atoms with E-state index in [-0.39, 0.29) is 27.7 Å². The summed E-state index contributed by atoms with van der Waals surface area (Å²) in [5.74, 6) is -1.26.